The molecule has 1 heterocycles. The van der Waals surface area contributed by atoms with Gasteiger partial charge in [-0.1, -0.05) is 0 Å². The van der Waals surface area contributed by atoms with Crippen LogP contribution in [0.3, 0.4) is 0 Å². The third-order valence-electron chi connectivity index (χ3n) is 2.48. The van der Waals surface area contributed by atoms with Gasteiger partial charge >= 0.3 is 0 Å². The van der Waals surface area contributed by atoms with Gasteiger partial charge in [0.1, 0.15) is 17.4 Å². The normalized spacial score (nSPS) is 10.1. The van der Waals surface area contributed by atoms with E-state index in [0.29, 0.717) is 29.6 Å². The maximum atomic E-state index is 5.67. The van der Waals surface area contributed by atoms with Crippen LogP contribution in [0.25, 0.3) is 0 Å². The van der Waals surface area contributed by atoms with E-state index in [0.717, 1.165) is 5.01 Å². The van der Waals surface area contributed by atoms with E-state index in [1.807, 2.05) is 5.38 Å². The molecule has 0 radical (unpaired) electrons. The van der Waals surface area contributed by atoms with E-state index in [4.69, 9.17) is 18.9 Å². The Morgan fingerprint density at radius 3 is 2.21 bits per heavy atom. The first-order chi connectivity index (χ1) is 9.28. The van der Waals surface area contributed by atoms with Gasteiger partial charge in [0.05, 0.1) is 21.3 Å². The maximum absolute atomic E-state index is 5.67. The van der Waals surface area contributed by atoms with E-state index in [2.05, 4.69) is 4.98 Å². The molecule has 0 atom stereocenters. The zero-order valence-corrected chi connectivity index (χ0v) is 11.8. The van der Waals surface area contributed by atoms with Crippen LogP contribution in [-0.2, 0) is 6.61 Å². The molecule has 0 unspecified atom stereocenters. The van der Waals surface area contributed by atoms with Crippen molar-refractivity contribution in [1.82, 2.24) is 4.98 Å². The predicted molar refractivity (Wildman–Crippen MR) is 72.5 cm³/mol. The van der Waals surface area contributed by atoms with Gasteiger partial charge in [-0.3, -0.25) is 0 Å². The van der Waals surface area contributed by atoms with Crippen LogP contribution in [-0.4, -0.2) is 26.3 Å². The zero-order valence-electron chi connectivity index (χ0n) is 11.0. The molecule has 6 heteroatoms. The molecule has 5 nitrogen and oxygen atoms in total. The number of thiazole rings is 1. The quantitative estimate of drug-likeness (QED) is 0.815. The Morgan fingerprint density at radius 2 is 1.74 bits per heavy atom. The molecule has 0 spiro atoms. The van der Waals surface area contributed by atoms with Gasteiger partial charge in [0.15, 0.2) is 11.5 Å². The summed E-state index contributed by atoms with van der Waals surface area (Å²) in [6.07, 6.45) is 1.75. The number of methoxy groups -OCH3 is 3. The second-order valence-corrected chi connectivity index (χ2v) is 4.55. The predicted octanol–water partition coefficient (Wildman–Crippen LogP) is 2.75. The lowest BCUT2D eigenvalue weighted by molar-refractivity contribution is 0.291. The highest BCUT2D eigenvalue weighted by Gasteiger charge is 2.14. The minimum Gasteiger partial charge on any atom is -0.493 e. The number of hydrogen-bond acceptors (Lipinski definition) is 6. The van der Waals surface area contributed by atoms with Crippen molar-refractivity contribution in [3.63, 3.8) is 0 Å². The van der Waals surface area contributed by atoms with Crippen molar-refractivity contribution in [2.24, 2.45) is 0 Å². The Bertz CT molecular complexity index is 502. The van der Waals surface area contributed by atoms with E-state index < -0.39 is 0 Å². The molecule has 0 aliphatic carbocycles. The molecule has 2 aromatic rings. The number of ether oxygens (including phenoxy) is 4. The Labute approximate surface area is 115 Å². The number of benzene rings is 1. The first-order valence-corrected chi connectivity index (χ1v) is 6.47. The van der Waals surface area contributed by atoms with Gasteiger partial charge in [0.25, 0.3) is 0 Å². The highest BCUT2D eigenvalue weighted by molar-refractivity contribution is 7.09. The molecule has 0 saturated carbocycles. The van der Waals surface area contributed by atoms with E-state index in [9.17, 15) is 0 Å². The summed E-state index contributed by atoms with van der Waals surface area (Å²) in [5.74, 6) is 2.32. The fraction of sp³-hybridized carbons (Fsp3) is 0.308. The lowest BCUT2D eigenvalue weighted by Gasteiger charge is -2.14. The summed E-state index contributed by atoms with van der Waals surface area (Å²) >= 11 is 1.55. The van der Waals surface area contributed by atoms with E-state index in [1.54, 1.807) is 51.0 Å². The Balaban J connectivity index is 2.20. The first kappa shape index (κ1) is 13.5. The van der Waals surface area contributed by atoms with Gasteiger partial charge in [-0.25, -0.2) is 4.98 Å². The maximum Gasteiger partial charge on any atom is 0.203 e. The van der Waals surface area contributed by atoms with Crippen LogP contribution >= 0.6 is 11.3 Å². The fourth-order valence-electron chi connectivity index (χ4n) is 1.61. The van der Waals surface area contributed by atoms with Crippen molar-refractivity contribution < 1.29 is 18.9 Å². The molecule has 0 aliphatic rings. The van der Waals surface area contributed by atoms with Crippen LogP contribution in [0.5, 0.6) is 23.0 Å². The smallest absolute Gasteiger partial charge is 0.203 e. The van der Waals surface area contributed by atoms with Crippen LogP contribution in [0, 0.1) is 0 Å². The third-order valence-corrected chi connectivity index (χ3v) is 3.24. The number of nitrogens with zero attached hydrogens (tertiary/aromatic N) is 1. The lowest BCUT2D eigenvalue weighted by Crippen LogP contribution is -1.98. The van der Waals surface area contributed by atoms with Gasteiger partial charge in [0.2, 0.25) is 5.75 Å². The third kappa shape index (κ3) is 3.08. The average Bonchev–Trinajstić information content (AvgIpc) is 2.97. The van der Waals surface area contributed by atoms with Crippen molar-refractivity contribution in [2.45, 2.75) is 6.61 Å². The summed E-state index contributed by atoms with van der Waals surface area (Å²) in [6, 6.07) is 3.52. The van der Waals surface area contributed by atoms with Crippen LogP contribution in [0.2, 0.25) is 0 Å². The van der Waals surface area contributed by atoms with Gasteiger partial charge in [0, 0.05) is 23.7 Å². The molecule has 1 aromatic heterocycles. The SMILES string of the molecule is COc1cc(OCc2nccs2)cc(OC)c1OC. The first-order valence-electron chi connectivity index (χ1n) is 5.59. The highest BCUT2D eigenvalue weighted by Crippen LogP contribution is 2.40. The summed E-state index contributed by atoms with van der Waals surface area (Å²) in [4.78, 5) is 4.16. The average molecular weight is 281 g/mol. The summed E-state index contributed by atoms with van der Waals surface area (Å²) in [6.45, 7) is 0.413. The second kappa shape index (κ2) is 6.29. The summed E-state index contributed by atoms with van der Waals surface area (Å²) in [5, 5.41) is 2.82. The van der Waals surface area contributed by atoms with Crippen molar-refractivity contribution in [1.29, 1.82) is 0 Å². The van der Waals surface area contributed by atoms with Crippen molar-refractivity contribution in [3.05, 3.63) is 28.7 Å². The van der Waals surface area contributed by atoms with Crippen LogP contribution in [0.15, 0.2) is 23.7 Å². The van der Waals surface area contributed by atoms with Crippen LogP contribution < -0.4 is 18.9 Å². The molecule has 0 amide bonds. The number of aromatic nitrogens is 1. The fourth-order valence-corrected chi connectivity index (χ4v) is 2.14. The molecule has 0 fully saturated rings. The van der Waals surface area contributed by atoms with E-state index in [-0.39, 0.29) is 0 Å². The molecule has 0 N–H and O–H groups in total. The van der Waals surface area contributed by atoms with E-state index >= 15 is 0 Å². The molecule has 0 saturated heterocycles. The lowest BCUT2D eigenvalue weighted by atomic mass is 10.2. The molecular weight excluding hydrogens is 266 g/mol. The molecule has 0 aliphatic heterocycles. The summed E-state index contributed by atoms with van der Waals surface area (Å²) < 4.78 is 21.4. The summed E-state index contributed by atoms with van der Waals surface area (Å²) in [5.41, 5.74) is 0. The molecule has 1 aromatic carbocycles. The molecule has 0 bridgehead atoms. The topological polar surface area (TPSA) is 49.8 Å². The van der Waals surface area contributed by atoms with Crippen LogP contribution in [0.1, 0.15) is 5.01 Å². The zero-order chi connectivity index (χ0) is 13.7. The van der Waals surface area contributed by atoms with Gasteiger partial charge in [-0.05, 0) is 0 Å². The highest BCUT2D eigenvalue weighted by atomic mass is 32.1. The molecule has 2 rings (SSSR count). The van der Waals surface area contributed by atoms with Gasteiger partial charge in [-0.15, -0.1) is 11.3 Å². The Hall–Kier alpha value is -1.95. The number of rotatable bonds is 6. The second-order valence-electron chi connectivity index (χ2n) is 3.58. The minimum atomic E-state index is 0.413. The van der Waals surface area contributed by atoms with Crippen molar-refractivity contribution in [2.75, 3.05) is 21.3 Å². The summed E-state index contributed by atoms with van der Waals surface area (Å²) in [7, 11) is 4.71. The Morgan fingerprint density at radius 1 is 1.05 bits per heavy atom. The van der Waals surface area contributed by atoms with Gasteiger partial charge in [-0.2, -0.15) is 0 Å². The molecule has 19 heavy (non-hydrogen) atoms. The van der Waals surface area contributed by atoms with Crippen LogP contribution in [0.4, 0.5) is 0 Å². The minimum absolute atomic E-state index is 0.413. The molecular formula is C13H15NO4S. The Kier molecular flexibility index (Phi) is 4.46. The van der Waals surface area contributed by atoms with Gasteiger partial charge < -0.3 is 18.9 Å². The standard InChI is InChI=1S/C13H15NO4S/c1-15-10-6-9(7-11(16-2)13(10)17-3)18-8-12-14-4-5-19-12/h4-7H,8H2,1-3H3. The monoisotopic (exact) mass is 281 g/mol. The number of hydrogen-bond donors (Lipinski definition) is 0. The molecule has 102 valence electrons. The largest absolute Gasteiger partial charge is 0.493 e. The van der Waals surface area contributed by atoms with E-state index in [1.165, 1.54) is 0 Å². The van der Waals surface area contributed by atoms with Crippen molar-refractivity contribution >= 4 is 11.3 Å². The van der Waals surface area contributed by atoms with Crippen molar-refractivity contribution in [3.8, 4) is 23.0 Å².